The third-order valence-electron chi connectivity index (χ3n) is 4.24. The standard InChI is InChI=1S/C19H15ClN4O/c20-14-6-3-4-12(10-14)11-21-24-19(25)18-16-9-8-13-5-1-2-7-15(13)17(16)22-23-18/h1-7,10-11H,8-9H2,(H,22,23)(H,24,25)/b21-11+. The van der Waals surface area contributed by atoms with Crippen molar-refractivity contribution < 1.29 is 4.79 Å². The van der Waals surface area contributed by atoms with Gasteiger partial charge in [-0.1, -0.05) is 48.0 Å². The summed E-state index contributed by atoms with van der Waals surface area (Å²) in [4.78, 5) is 12.4. The van der Waals surface area contributed by atoms with Crippen LogP contribution in [0.5, 0.6) is 0 Å². The van der Waals surface area contributed by atoms with Crippen molar-refractivity contribution in [2.75, 3.05) is 0 Å². The molecule has 0 bridgehead atoms. The fraction of sp³-hybridized carbons (Fsp3) is 0.105. The summed E-state index contributed by atoms with van der Waals surface area (Å²) < 4.78 is 0. The molecule has 2 aromatic carbocycles. The SMILES string of the molecule is O=C(N/N=C/c1cccc(Cl)c1)c1[nH]nc2c1CCc1ccccc1-2. The molecular formula is C19H15ClN4O. The number of aromatic amines is 1. The highest BCUT2D eigenvalue weighted by Gasteiger charge is 2.24. The molecule has 0 radical (unpaired) electrons. The molecule has 1 aromatic heterocycles. The third-order valence-corrected chi connectivity index (χ3v) is 4.47. The van der Waals surface area contributed by atoms with E-state index in [1.165, 1.54) is 5.56 Å². The van der Waals surface area contributed by atoms with Crippen LogP contribution in [0.3, 0.4) is 0 Å². The number of fused-ring (bicyclic) bond motifs is 3. The molecule has 0 aliphatic heterocycles. The molecule has 4 rings (SSSR count). The van der Waals surface area contributed by atoms with Crippen LogP contribution in [-0.4, -0.2) is 22.3 Å². The number of aromatic nitrogens is 2. The zero-order valence-corrected chi connectivity index (χ0v) is 14.0. The monoisotopic (exact) mass is 350 g/mol. The molecule has 0 atom stereocenters. The molecule has 3 aromatic rings. The first-order valence-corrected chi connectivity index (χ1v) is 8.34. The van der Waals surface area contributed by atoms with E-state index in [9.17, 15) is 4.79 Å². The minimum absolute atomic E-state index is 0.300. The molecule has 0 fully saturated rings. The maximum absolute atomic E-state index is 12.4. The first-order valence-electron chi connectivity index (χ1n) is 7.97. The van der Waals surface area contributed by atoms with Gasteiger partial charge in [0.05, 0.1) is 11.9 Å². The second kappa shape index (κ2) is 6.53. The van der Waals surface area contributed by atoms with Gasteiger partial charge in [-0.2, -0.15) is 10.2 Å². The van der Waals surface area contributed by atoms with Crippen LogP contribution in [0.4, 0.5) is 0 Å². The Kier molecular flexibility index (Phi) is 4.07. The Morgan fingerprint density at radius 3 is 2.96 bits per heavy atom. The number of hydrogen-bond acceptors (Lipinski definition) is 3. The second-order valence-corrected chi connectivity index (χ2v) is 6.27. The number of hydrogen-bond donors (Lipinski definition) is 2. The number of halogens is 1. The van der Waals surface area contributed by atoms with Crippen molar-refractivity contribution in [1.82, 2.24) is 15.6 Å². The third kappa shape index (κ3) is 3.06. The average Bonchev–Trinajstić information content (AvgIpc) is 3.06. The number of hydrazone groups is 1. The van der Waals surface area contributed by atoms with Crippen molar-refractivity contribution in [3.63, 3.8) is 0 Å². The van der Waals surface area contributed by atoms with E-state index in [2.05, 4.69) is 26.8 Å². The molecule has 1 aliphatic rings. The Labute approximate surface area is 149 Å². The Hall–Kier alpha value is -2.92. The molecule has 1 aliphatic carbocycles. The maximum Gasteiger partial charge on any atom is 0.289 e. The largest absolute Gasteiger partial charge is 0.289 e. The lowest BCUT2D eigenvalue weighted by molar-refractivity contribution is 0.0949. The summed E-state index contributed by atoms with van der Waals surface area (Å²) >= 11 is 5.93. The number of carbonyl (C=O) groups excluding carboxylic acids is 1. The van der Waals surface area contributed by atoms with Gasteiger partial charge in [0.15, 0.2) is 0 Å². The highest BCUT2D eigenvalue weighted by atomic mass is 35.5. The van der Waals surface area contributed by atoms with Gasteiger partial charge < -0.3 is 0 Å². The minimum atomic E-state index is -0.300. The van der Waals surface area contributed by atoms with Gasteiger partial charge in [-0.15, -0.1) is 0 Å². The van der Waals surface area contributed by atoms with Crippen LogP contribution in [0.15, 0.2) is 53.6 Å². The molecule has 0 unspecified atom stereocenters. The maximum atomic E-state index is 12.4. The van der Waals surface area contributed by atoms with Crippen LogP contribution in [0, 0.1) is 0 Å². The molecule has 124 valence electrons. The van der Waals surface area contributed by atoms with E-state index in [-0.39, 0.29) is 5.91 Å². The van der Waals surface area contributed by atoms with E-state index >= 15 is 0 Å². The normalized spacial score (nSPS) is 12.7. The van der Waals surface area contributed by atoms with Crippen LogP contribution in [0.1, 0.15) is 27.2 Å². The van der Waals surface area contributed by atoms with E-state index in [1.807, 2.05) is 30.3 Å². The fourth-order valence-electron chi connectivity index (χ4n) is 3.06. The van der Waals surface area contributed by atoms with E-state index < -0.39 is 0 Å². The van der Waals surface area contributed by atoms with Crippen molar-refractivity contribution in [1.29, 1.82) is 0 Å². The molecule has 2 N–H and O–H groups in total. The predicted molar refractivity (Wildman–Crippen MR) is 97.9 cm³/mol. The van der Waals surface area contributed by atoms with Crippen LogP contribution in [0.2, 0.25) is 5.02 Å². The summed E-state index contributed by atoms with van der Waals surface area (Å²) in [6.45, 7) is 0. The lowest BCUT2D eigenvalue weighted by Gasteiger charge is -2.15. The number of carbonyl (C=O) groups is 1. The van der Waals surface area contributed by atoms with Crippen molar-refractivity contribution >= 4 is 23.7 Å². The highest BCUT2D eigenvalue weighted by Crippen LogP contribution is 2.33. The summed E-state index contributed by atoms with van der Waals surface area (Å²) in [5.74, 6) is -0.300. The lowest BCUT2D eigenvalue weighted by Crippen LogP contribution is -2.20. The molecule has 5 nitrogen and oxygen atoms in total. The summed E-state index contributed by atoms with van der Waals surface area (Å²) in [6.07, 6.45) is 3.24. The van der Waals surface area contributed by atoms with Gasteiger partial charge in [-0.05, 0) is 36.1 Å². The fourth-order valence-corrected chi connectivity index (χ4v) is 3.26. The van der Waals surface area contributed by atoms with E-state index in [4.69, 9.17) is 11.6 Å². The predicted octanol–water partition coefficient (Wildman–Crippen LogP) is 3.59. The van der Waals surface area contributed by atoms with Crippen molar-refractivity contribution in [2.24, 2.45) is 5.10 Å². The number of nitrogens with one attached hydrogen (secondary N) is 2. The molecule has 1 amide bonds. The highest BCUT2D eigenvalue weighted by molar-refractivity contribution is 6.30. The van der Waals surface area contributed by atoms with Crippen LogP contribution >= 0.6 is 11.6 Å². The zero-order chi connectivity index (χ0) is 17.2. The number of rotatable bonds is 3. The summed E-state index contributed by atoms with van der Waals surface area (Å²) in [5.41, 5.74) is 7.96. The first-order chi connectivity index (χ1) is 12.2. The number of aryl methyl sites for hydroxylation is 1. The van der Waals surface area contributed by atoms with E-state index in [1.54, 1.807) is 18.3 Å². The van der Waals surface area contributed by atoms with Gasteiger partial charge in [0.2, 0.25) is 0 Å². The minimum Gasteiger partial charge on any atom is -0.272 e. The van der Waals surface area contributed by atoms with Crippen LogP contribution in [0.25, 0.3) is 11.3 Å². The summed E-state index contributed by atoms with van der Waals surface area (Å²) in [5, 5.41) is 11.8. The average molecular weight is 351 g/mol. The molecular weight excluding hydrogens is 336 g/mol. The zero-order valence-electron chi connectivity index (χ0n) is 13.3. The van der Waals surface area contributed by atoms with Gasteiger partial charge >= 0.3 is 0 Å². The molecule has 0 spiro atoms. The van der Waals surface area contributed by atoms with Gasteiger partial charge in [0.1, 0.15) is 5.69 Å². The Morgan fingerprint density at radius 2 is 2.08 bits per heavy atom. The van der Waals surface area contributed by atoms with Gasteiger partial charge in [-0.3, -0.25) is 9.89 Å². The van der Waals surface area contributed by atoms with Gasteiger partial charge in [0, 0.05) is 16.1 Å². The number of benzene rings is 2. The van der Waals surface area contributed by atoms with E-state index in [0.29, 0.717) is 10.7 Å². The van der Waals surface area contributed by atoms with E-state index in [0.717, 1.165) is 35.2 Å². The number of amides is 1. The Morgan fingerprint density at radius 1 is 1.20 bits per heavy atom. The quantitative estimate of drug-likeness (QED) is 0.559. The van der Waals surface area contributed by atoms with Crippen LogP contribution < -0.4 is 5.43 Å². The van der Waals surface area contributed by atoms with Crippen LogP contribution in [-0.2, 0) is 12.8 Å². The van der Waals surface area contributed by atoms with Crippen molar-refractivity contribution in [3.05, 3.63) is 75.9 Å². The van der Waals surface area contributed by atoms with Gasteiger partial charge in [-0.25, -0.2) is 5.43 Å². The molecule has 0 saturated carbocycles. The topological polar surface area (TPSA) is 70.1 Å². The smallest absolute Gasteiger partial charge is 0.272 e. The molecule has 0 saturated heterocycles. The number of H-pyrrole nitrogens is 1. The number of nitrogens with zero attached hydrogens (tertiary/aromatic N) is 2. The second-order valence-electron chi connectivity index (χ2n) is 5.84. The van der Waals surface area contributed by atoms with Crippen molar-refractivity contribution in [2.45, 2.75) is 12.8 Å². The Bertz CT molecular complexity index is 977. The molecule has 1 heterocycles. The van der Waals surface area contributed by atoms with Crippen molar-refractivity contribution in [3.8, 4) is 11.3 Å². The molecule has 25 heavy (non-hydrogen) atoms. The summed E-state index contributed by atoms with van der Waals surface area (Å²) in [6, 6.07) is 15.4. The Balaban J connectivity index is 1.54. The van der Waals surface area contributed by atoms with Gasteiger partial charge in [0.25, 0.3) is 5.91 Å². The summed E-state index contributed by atoms with van der Waals surface area (Å²) in [7, 11) is 0. The molecule has 6 heteroatoms. The first kappa shape index (κ1) is 15.6. The lowest BCUT2D eigenvalue weighted by atomic mass is 9.89.